The second kappa shape index (κ2) is 9.72. The number of halogens is 1. The van der Waals surface area contributed by atoms with Crippen LogP contribution in [0.1, 0.15) is 29.3 Å². The first kappa shape index (κ1) is 23.4. The van der Waals surface area contributed by atoms with E-state index in [1.807, 2.05) is 66.9 Å². The van der Waals surface area contributed by atoms with Gasteiger partial charge in [0.25, 0.3) is 0 Å². The van der Waals surface area contributed by atoms with Crippen molar-refractivity contribution in [2.45, 2.75) is 38.8 Å². The van der Waals surface area contributed by atoms with Crippen LogP contribution in [0.4, 0.5) is 5.69 Å². The summed E-state index contributed by atoms with van der Waals surface area (Å²) in [6.07, 6.45) is -0.377. The lowest BCUT2D eigenvalue weighted by atomic mass is 10.1. The van der Waals surface area contributed by atoms with Gasteiger partial charge in [-0.2, -0.15) is 0 Å². The third-order valence-electron chi connectivity index (χ3n) is 6.47. The number of benzene rings is 3. The van der Waals surface area contributed by atoms with Gasteiger partial charge in [-0.05, 0) is 61.9 Å². The number of aryl methyl sites for hydroxylation is 2. The van der Waals surface area contributed by atoms with E-state index in [2.05, 4.69) is 6.07 Å². The molecule has 3 aromatic carbocycles. The van der Waals surface area contributed by atoms with Crippen LogP contribution >= 0.6 is 11.6 Å². The Morgan fingerprint density at radius 3 is 2.66 bits per heavy atom. The highest BCUT2D eigenvalue weighted by atomic mass is 35.5. The molecule has 180 valence electrons. The number of amides is 1. The molecule has 1 saturated heterocycles. The fourth-order valence-corrected chi connectivity index (χ4v) is 4.89. The van der Waals surface area contributed by atoms with Crippen molar-refractivity contribution < 1.29 is 14.6 Å². The molecule has 5 rings (SSSR count). The van der Waals surface area contributed by atoms with Gasteiger partial charge >= 0.3 is 0 Å². The lowest BCUT2D eigenvalue weighted by molar-refractivity contribution is -0.117. The summed E-state index contributed by atoms with van der Waals surface area (Å²) in [5.74, 6) is 1.54. The highest BCUT2D eigenvalue weighted by Gasteiger charge is 2.35. The van der Waals surface area contributed by atoms with Crippen LogP contribution < -0.4 is 9.64 Å². The molecule has 0 bridgehead atoms. The number of ether oxygens (including phenoxy) is 1. The van der Waals surface area contributed by atoms with Gasteiger partial charge in [0.1, 0.15) is 24.3 Å². The molecule has 6 nitrogen and oxygen atoms in total. The summed E-state index contributed by atoms with van der Waals surface area (Å²) in [6.45, 7) is 5.06. The normalized spacial score (nSPS) is 16.7. The van der Waals surface area contributed by atoms with Crippen molar-refractivity contribution >= 4 is 34.2 Å². The van der Waals surface area contributed by atoms with E-state index in [0.717, 1.165) is 33.9 Å². The summed E-state index contributed by atoms with van der Waals surface area (Å²) in [5, 5.41) is 11.5. The molecule has 2 heterocycles. The molecule has 4 aromatic rings. The number of hydrogen-bond acceptors (Lipinski definition) is 4. The number of para-hydroxylation sites is 2. The SMILES string of the molecule is Cc1ccc(OC[C@H](O)Cn2c([C@@H]3CC(=O)N(c4ccc(Cl)cc4)C3)nc3ccccc32)c(C)c1. The number of aromatic nitrogens is 2. The van der Waals surface area contributed by atoms with Gasteiger partial charge in [0.15, 0.2) is 0 Å². The van der Waals surface area contributed by atoms with E-state index in [0.29, 0.717) is 24.5 Å². The number of aliphatic hydroxyl groups excluding tert-OH is 1. The van der Waals surface area contributed by atoms with E-state index in [1.54, 1.807) is 17.0 Å². The Bertz CT molecular complexity index is 1370. The third-order valence-corrected chi connectivity index (χ3v) is 6.72. The number of imidazole rings is 1. The molecule has 0 radical (unpaired) electrons. The largest absolute Gasteiger partial charge is 0.491 e. The maximum atomic E-state index is 12.9. The van der Waals surface area contributed by atoms with Gasteiger partial charge in [0.05, 0.1) is 17.6 Å². The molecule has 0 spiro atoms. The van der Waals surface area contributed by atoms with E-state index in [9.17, 15) is 9.90 Å². The Morgan fingerprint density at radius 1 is 1.11 bits per heavy atom. The summed E-state index contributed by atoms with van der Waals surface area (Å²) in [5.41, 5.74) is 4.82. The lowest BCUT2D eigenvalue weighted by Crippen LogP contribution is -2.26. The van der Waals surface area contributed by atoms with Gasteiger partial charge in [-0.1, -0.05) is 41.4 Å². The van der Waals surface area contributed by atoms with Gasteiger partial charge < -0.3 is 19.3 Å². The van der Waals surface area contributed by atoms with Crippen molar-refractivity contribution in [3.8, 4) is 5.75 Å². The number of aliphatic hydroxyl groups is 1. The third kappa shape index (κ3) is 4.90. The Balaban J connectivity index is 1.37. The predicted octanol–water partition coefficient (Wildman–Crippen LogP) is 5.27. The molecule has 0 unspecified atom stereocenters. The van der Waals surface area contributed by atoms with Crippen molar-refractivity contribution in [1.29, 1.82) is 0 Å². The fraction of sp³-hybridized carbons (Fsp3) is 0.286. The lowest BCUT2D eigenvalue weighted by Gasteiger charge is -2.19. The first-order valence-corrected chi connectivity index (χ1v) is 12.2. The predicted molar refractivity (Wildman–Crippen MR) is 138 cm³/mol. The van der Waals surface area contributed by atoms with E-state index in [-0.39, 0.29) is 18.4 Å². The zero-order valence-corrected chi connectivity index (χ0v) is 20.6. The molecular weight excluding hydrogens is 462 g/mol. The minimum Gasteiger partial charge on any atom is -0.491 e. The first-order valence-electron chi connectivity index (χ1n) is 11.8. The van der Waals surface area contributed by atoms with Crippen molar-refractivity contribution in [2.75, 3.05) is 18.1 Å². The minimum absolute atomic E-state index is 0.0506. The number of hydrogen-bond donors (Lipinski definition) is 1. The van der Waals surface area contributed by atoms with Crippen molar-refractivity contribution in [1.82, 2.24) is 9.55 Å². The molecule has 2 atom stereocenters. The molecule has 1 N–H and O–H groups in total. The molecule has 35 heavy (non-hydrogen) atoms. The van der Waals surface area contributed by atoms with Crippen molar-refractivity contribution in [2.24, 2.45) is 0 Å². The minimum atomic E-state index is -0.739. The summed E-state index contributed by atoms with van der Waals surface area (Å²) < 4.78 is 7.96. The van der Waals surface area contributed by atoms with E-state index < -0.39 is 6.10 Å². The number of rotatable bonds is 7. The number of nitrogens with zero attached hydrogens (tertiary/aromatic N) is 3. The maximum absolute atomic E-state index is 12.9. The molecule has 1 aliphatic heterocycles. The van der Waals surface area contributed by atoms with Gasteiger partial charge in [0, 0.05) is 29.6 Å². The standard InChI is InChI=1S/C28H28ClN3O3/c1-18-7-12-26(19(2)13-18)35-17-23(33)16-32-25-6-4-3-5-24(25)30-28(32)20-14-27(34)31(15-20)22-10-8-21(29)9-11-22/h3-13,20,23,33H,14-17H2,1-2H3/t20-,23-/m1/s1. The maximum Gasteiger partial charge on any atom is 0.227 e. The Kier molecular flexibility index (Phi) is 6.50. The van der Waals surface area contributed by atoms with Crippen LogP contribution in [0.3, 0.4) is 0 Å². The van der Waals surface area contributed by atoms with Crippen molar-refractivity contribution in [3.05, 3.63) is 88.7 Å². The Labute approximate surface area is 209 Å². The fourth-order valence-electron chi connectivity index (χ4n) is 4.76. The number of anilines is 1. The molecule has 0 saturated carbocycles. The number of carbonyl (C=O) groups is 1. The van der Waals surface area contributed by atoms with Gasteiger partial charge in [0.2, 0.25) is 5.91 Å². The summed E-state index contributed by atoms with van der Waals surface area (Å²) in [6, 6.07) is 21.2. The molecule has 1 aromatic heterocycles. The highest BCUT2D eigenvalue weighted by Crippen LogP contribution is 2.34. The average Bonchev–Trinajstić information content (AvgIpc) is 3.40. The van der Waals surface area contributed by atoms with Crippen LogP contribution in [-0.4, -0.2) is 39.8 Å². The Hall–Kier alpha value is -3.35. The van der Waals surface area contributed by atoms with Crippen LogP contribution in [0.15, 0.2) is 66.7 Å². The smallest absolute Gasteiger partial charge is 0.227 e. The zero-order valence-electron chi connectivity index (χ0n) is 19.8. The number of carbonyl (C=O) groups excluding carboxylic acids is 1. The molecule has 0 aliphatic carbocycles. The summed E-state index contributed by atoms with van der Waals surface area (Å²) in [7, 11) is 0. The van der Waals surface area contributed by atoms with Gasteiger partial charge in [-0.3, -0.25) is 4.79 Å². The van der Waals surface area contributed by atoms with E-state index in [1.165, 1.54) is 5.56 Å². The molecule has 1 fully saturated rings. The molecule has 1 amide bonds. The second-order valence-electron chi connectivity index (χ2n) is 9.18. The summed E-state index contributed by atoms with van der Waals surface area (Å²) in [4.78, 5) is 19.6. The molecule has 7 heteroatoms. The molecular formula is C28H28ClN3O3. The second-order valence-corrected chi connectivity index (χ2v) is 9.62. The van der Waals surface area contributed by atoms with Crippen LogP contribution in [0.5, 0.6) is 5.75 Å². The highest BCUT2D eigenvalue weighted by molar-refractivity contribution is 6.30. The van der Waals surface area contributed by atoms with Crippen LogP contribution in [0, 0.1) is 13.8 Å². The quantitative estimate of drug-likeness (QED) is 0.384. The van der Waals surface area contributed by atoms with E-state index in [4.69, 9.17) is 21.3 Å². The monoisotopic (exact) mass is 489 g/mol. The van der Waals surface area contributed by atoms with Crippen LogP contribution in [0.25, 0.3) is 11.0 Å². The topological polar surface area (TPSA) is 67.6 Å². The van der Waals surface area contributed by atoms with Gasteiger partial charge in [-0.15, -0.1) is 0 Å². The Morgan fingerprint density at radius 2 is 1.89 bits per heavy atom. The first-order chi connectivity index (χ1) is 16.9. The van der Waals surface area contributed by atoms with Crippen molar-refractivity contribution in [3.63, 3.8) is 0 Å². The number of fused-ring (bicyclic) bond motifs is 1. The molecule has 1 aliphatic rings. The van der Waals surface area contributed by atoms with E-state index >= 15 is 0 Å². The summed E-state index contributed by atoms with van der Waals surface area (Å²) >= 11 is 6.02. The van der Waals surface area contributed by atoms with Crippen LogP contribution in [-0.2, 0) is 11.3 Å². The average molecular weight is 490 g/mol. The zero-order chi connectivity index (χ0) is 24.5. The van der Waals surface area contributed by atoms with Crippen LogP contribution in [0.2, 0.25) is 5.02 Å². The van der Waals surface area contributed by atoms with Gasteiger partial charge in [-0.25, -0.2) is 4.98 Å².